The Hall–Kier alpha value is -0.540. The molecule has 0 bridgehead atoms. The molecule has 1 aliphatic rings. The zero-order valence-electron chi connectivity index (χ0n) is 9.99. The first-order valence-electron chi connectivity index (χ1n) is 6.06. The van der Waals surface area contributed by atoms with Crippen molar-refractivity contribution in [2.45, 2.75) is 44.6 Å². The highest BCUT2D eigenvalue weighted by Crippen LogP contribution is 2.39. The number of halogens is 1. The van der Waals surface area contributed by atoms with Crippen LogP contribution in [-0.2, 0) is 7.05 Å². The van der Waals surface area contributed by atoms with Crippen molar-refractivity contribution in [1.82, 2.24) is 9.78 Å². The molecule has 0 aromatic carbocycles. The summed E-state index contributed by atoms with van der Waals surface area (Å²) in [6.07, 6.45) is 6.46. The van der Waals surface area contributed by atoms with Crippen molar-refractivity contribution < 1.29 is 0 Å². The normalized spacial score (nSPS) is 30.6. The molecular formula is C12H20ClN3. The summed E-state index contributed by atoms with van der Waals surface area (Å²) >= 11 is 6.20. The van der Waals surface area contributed by atoms with Crippen LogP contribution < -0.4 is 5.73 Å². The number of hydrogen-bond donors (Lipinski definition) is 1. The smallest absolute Gasteiger partial charge is 0.0821 e. The Morgan fingerprint density at radius 1 is 1.56 bits per heavy atom. The summed E-state index contributed by atoms with van der Waals surface area (Å²) in [7, 11) is 1.95. The average Bonchev–Trinajstić information content (AvgIpc) is 2.60. The van der Waals surface area contributed by atoms with Crippen molar-refractivity contribution >= 4 is 11.6 Å². The van der Waals surface area contributed by atoms with Crippen molar-refractivity contribution in [3.63, 3.8) is 0 Å². The molecule has 0 radical (unpaired) electrons. The molecule has 1 saturated carbocycles. The van der Waals surface area contributed by atoms with E-state index < -0.39 is 0 Å². The number of aryl methyl sites for hydroxylation is 1. The van der Waals surface area contributed by atoms with E-state index in [9.17, 15) is 0 Å². The molecule has 2 rings (SSSR count). The van der Waals surface area contributed by atoms with Gasteiger partial charge in [0.15, 0.2) is 0 Å². The Balaban J connectivity index is 2.24. The van der Waals surface area contributed by atoms with E-state index in [0.717, 1.165) is 29.5 Å². The quantitative estimate of drug-likeness (QED) is 0.865. The summed E-state index contributed by atoms with van der Waals surface area (Å²) in [4.78, 5) is 0. The largest absolute Gasteiger partial charge is 0.327 e. The van der Waals surface area contributed by atoms with Gasteiger partial charge in [0.2, 0.25) is 0 Å². The second-order valence-electron chi connectivity index (χ2n) is 4.86. The van der Waals surface area contributed by atoms with E-state index in [4.69, 9.17) is 17.3 Å². The molecule has 1 heterocycles. The van der Waals surface area contributed by atoms with Crippen LogP contribution >= 0.6 is 11.6 Å². The lowest BCUT2D eigenvalue weighted by Gasteiger charge is -2.34. The van der Waals surface area contributed by atoms with Crippen LogP contribution in [0.25, 0.3) is 0 Å². The lowest BCUT2D eigenvalue weighted by molar-refractivity contribution is 0.275. The van der Waals surface area contributed by atoms with Crippen LogP contribution in [0.15, 0.2) is 6.20 Å². The highest BCUT2D eigenvalue weighted by atomic mass is 35.5. The minimum absolute atomic E-state index is 0.232. The van der Waals surface area contributed by atoms with Crippen LogP contribution in [0.2, 0.25) is 5.02 Å². The number of rotatable bonds is 2. The first-order valence-corrected chi connectivity index (χ1v) is 6.44. The van der Waals surface area contributed by atoms with Crippen LogP contribution in [0.4, 0.5) is 0 Å². The lowest BCUT2D eigenvalue weighted by atomic mass is 9.76. The van der Waals surface area contributed by atoms with Gasteiger partial charge in [-0.1, -0.05) is 24.9 Å². The fraction of sp³-hybridized carbons (Fsp3) is 0.750. The van der Waals surface area contributed by atoms with Gasteiger partial charge in [-0.25, -0.2) is 0 Å². The van der Waals surface area contributed by atoms with Crippen LogP contribution in [0.5, 0.6) is 0 Å². The van der Waals surface area contributed by atoms with E-state index in [1.165, 1.54) is 12.8 Å². The summed E-state index contributed by atoms with van der Waals surface area (Å²) in [5, 5.41) is 4.97. The van der Waals surface area contributed by atoms with Gasteiger partial charge < -0.3 is 5.73 Å². The zero-order chi connectivity index (χ0) is 11.7. The Morgan fingerprint density at radius 3 is 2.88 bits per heavy atom. The maximum absolute atomic E-state index is 6.23. The van der Waals surface area contributed by atoms with Crippen molar-refractivity contribution in [2.75, 3.05) is 0 Å². The molecule has 1 aromatic heterocycles. The minimum Gasteiger partial charge on any atom is -0.327 e. The topological polar surface area (TPSA) is 43.8 Å². The molecule has 2 N–H and O–H groups in total. The monoisotopic (exact) mass is 241 g/mol. The molecule has 90 valence electrons. The molecule has 4 heteroatoms. The fourth-order valence-electron chi connectivity index (χ4n) is 2.80. The third-order valence-electron chi connectivity index (χ3n) is 3.88. The van der Waals surface area contributed by atoms with Gasteiger partial charge in [-0.05, 0) is 25.2 Å². The SMILES string of the molecule is CCC1CCC(N)C(c2c(Cl)cnn2C)C1. The first kappa shape index (κ1) is 11.9. The lowest BCUT2D eigenvalue weighted by Crippen LogP contribution is -2.35. The van der Waals surface area contributed by atoms with Crippen molar-refractivity contribution in [1.29, 1.82) is 0 Å². The number of hydrogen-bond acceptors (Lipinski definition) is 2. The summed E-state index contributed by atoms with van der Waals surface area (Å²) in [5.41, 5.74) is 7.34. The van der Waals surface area contributed by atoms with Crippen LogP contribution in [0.3, 0.4) is 0 Å². The first-order chi connectivity index (χ1) is 7.63. The van der Waals surface area contributed by atoms with Crippen molar-refractivity contribution in [3.8, 4) is 0 Å². The number of aromatic nitrogens is 2. The molecule has 0 saturated heterocycles. The summed E-state index contributed by atoms with van der Waals surface area (Å²) in [6.45, 7) is 2.25. The van der Waals surface area contributed by atoms with Crippen molar-refractivity contribution in [2.24, 2.45) is 18.7 Å². The van der Waals surface area contributed by atoms with Gasteiger partial charge in [-0.3, -0.25) is 4.68 Å². The van der Waals surface area contributed by atoms with Crippen LogP contribution in [-0.4, -0.2) is 15.8 Å². The van der Waals surface area contributed by atoms with Gasteiger partial charge in [0, 0.05) is 19.0 Å². The van der Waals surface area contributed by atoms with Gasteiger partial charge in [0.1, 0.15) is 0 Å². The molecule has 3 unspecified atom stereocenters. The third kappa shape index (κ3) is 2.11. The van der Waals surface area contributed by atoms with E-state index in [1.54, 1.807) is 6.20 Å². The highest BCUT2D eigenvalue weighted by Gasteiger charge is 2.31. The third-order valence-corrected chi connectivity index (χ3v) is 4.17. The Bertz CT molecular complexity index is 342. The van der Waals surface area contributed by atoms with E-state index in [1.807, 2.05) is 11.7 Å². The van der Waals surface area contributed by atoms with E-state index in [-0.39, 0.29) is 6.04 Å². The summed E-state index contributed by atoms with van der Waals surface area (Å²) in [6, 6.07) is 0.232. The van der Waals surface area contributed by atoms with E-state index in [2.05, 4.69) is 12.0 Å². The second-order valence-corrected chi connectivity index (χ2v) is 5.27. The average molecular weight is 242 g/mol. The molecule has 1 aliphatic carbocycles. The Kier molecular flexibility index (Phi) is 3.55. The Labute approximate surface area is 102 Å². The maximum Gasteiger partial charge on any atom is 0.0821 e. The van der Waals surface area contributed by atoms with Crippen molar-refractivity contribution in [3.05, 3.63) is 16.9 Å². The molecule has 16 heavy (non-hydrogen) atoms. The summed E-state index contributed by atoms with van der Waals surface area (Å²) in [5.74, 6) is 1.16. The van der Waals surface area contributed by atoms with Gasteiger partial charge in [0.05, 0.1) is 16.9 Å². The zero-order valence-corrected chi connectivity index (χ0v) is 10.7. The van der Waals surface area contributed by atoms with Gasteiger partial charge >= 0.3 is 0 Å². The molecule has 3 nitrogen and oxygen atoms in total. The molecule has 0 amide bonds. The molecule has 1 fully saturated rings. The molecular weight excluding hydrogens is 222 g/mol. The molecule has 0 aliphatic heterocycles. The van der Waals surface area contributed by atoms with E-state index in [0.29, 0.717) is 5.92 Å². The van der Waals surface area contributed by atoms with E-state index >= 15 is 0 Å². The minimum atomic E-state index is 0.232. The Morgan fingerprint density at radius 2 is 2.31 bits per heavy atom. The molecule has 0 spiro atoms. The van der Waals surface area contributed by atoms with Gasteiger partial charge in [-0.2, -0.15) is 5.10 Å². The highest BCUT2D eigenvalue weighted by molar-refractivity contribution is 6.31. The van der Waals surface area contributed by atoms with Crippen LogP contribution in [0, 0.1) is 5.92 Å². The maximum atomic E-state index is 6.23. The van der Waals surface area contributed by atoms with Gasteiger partial charge in [0.25, 0.3) is 0 Å². The number of nitrogens with two attached hydrogens (primary N) is 1. The predicted molar refractivity (Wildman–Crippen MR) is 66.6 cm³/mol. The predicted octanol–water partition coefficient (Wildman–Crippen LogP) is 2.69. The van der Waals surface area contributed by atoms with Gasteiger partial charge in [-0.15, -0.1) is 0 Å². The standard InChI is InChI=1S/C12H20ClN3/c1-3-8-4-5-11(14)9(6-8)12-10(13)7-15-16(12)2/h7-9,11H,3-6,14H2,1-2H3. The number of nitrogens with zero attached hydrogens (tertiary/aromatic N) is 2. The van der Waals surface area contributed by atoms with Crippen LogP contribution in [0.1, 0.15) is 44.2 Å². The molecule has 3 atom stereocenters. The second kappa shape index (κ2) is 4.76. The summed E-state index contributed by atoms with van der Waals surface area (Å²) < 4.78 is 1.88. The fourth-order valence-corrected chi connectivity index (χ4v) is 3.11. The molecule has 1 aromatic rings.